The number of anilines is 1. The van der Waals surface area contributed by atoms with Crippen molar-refractivity contribution in [3.63, 3.8) is 0 Å². The molecule has 1 heterocycles. The largest absolute Gasteiger partial charge is 0.326 e. The molecule has 0 fully saturated rings. The molecule has 0 aliphatic carbocycles. The van der Waals surface area contributed by atoms with Crippen molar-refractivity contribution in [2.75, 3.05) is 5.32 Å². The van der Waals surface area contributed by atoms with Gasteiger partial charge in [0.1, 0.15) is 0 Å². The van der Waals surface area contributed by atoms with Crippen LogP contribution in [0.2, 0.25) is 5.02 Å². The number of nitrogens with one attached hydrogen (secondary N) is 1. The highest BCUT2D eigenvalue weighted by atomic mass is 127. The Morgan fingerprint density at radius 3 is 2.57 bits per heavy atom. The van der Waals surface area contributed by atoms with E-state index in [0.29, 0.717) is 11.4 Å². The molecule has 2 nitrogen and oxygen atoms in total. The predicted octanol–water partition coefficient (Wildman–Crippen LogP) is 5.16. The van der Waals surface area contributed by atoms with Crippen molar-refractivity contribution in [2.45, 2.75) is 18.2 Å². The van der Waals surface area contributed by atoms with Crippen molar-refractivity contribution in [1.82, 2.24) is 0 Å². The maximum absolute atomic E-state index is 11.4. The molecular weight excluding hydrogens is 420 g/mol. The number of rotatable bonds is 2. The Kier molecular flexibility index (Phi) is 4.43. The smallest absolute Gasteiger partial charge is 0.224 e. The molecule has 0 saturated carbocycles. The molecule has 1 atom stereocenters. The number of fused-ring (bicyclic) bond motifs is 1. The molecule has 1 aliphatic rings. The minimum Gasteiger partial charge on any atom is -0.326 e. The molecule has 2 aromatic rings. The van der Waals surface area contributed by atoms with Gasteiger partial charge in [0.15, 0.2) is 0 Å². The van der Waals surface area contributed by atoms with Crippen LogP contribution < -0.4 is 5.32 Å². The molecule has 3 rings (SSSR count). The number of hydrogen-bond acceptors (Lipinski definition) is 1. The van der Waals surface area contributed by atoms with Gasteiger partial charge in [-0.05, 0) is 63.9 Å². The molecule has 1 amide bonds. The van der Waals surface area contributed by atoms with Crippen LogP contribution in [0.15, 0.2) is 36.4 Å². The quantitative estimate of drug-likeness (QED) is 0.516. The molecule has 0 saturated heterocycles. The lowest BCUT2D eigenvalue weighted by Crippen LogP contribution is -2.19. The summed E-state index contributed by atoms with van der Waals surface area (Å²) in [6.07, 6.45) is 1.28. The Hall–Kier alpha value is -0.780. The first-order valence-electron chi connectivity index (χ1n) is 6.56. The zero-order valence-corrected chi connectivity index (χ0v) is 14.7. The Balaban J connectivity index is 1.93. The molecule has 1 aliphatic heterocycles. The minimum atomic E-state index is -0.248. The van der Waals surface area contributed by atoms with Gasteiger partial charge in [-0.2, -0.15) is 0 Å². The van der Waals surface area contributed by atoms with Gasteiger partial charge in [0.2, 0.25) is 5.91 Å². The van der Waals surface area contributed by atoms with Crippen LogP contribution >= 0.6 is 45.8 Å². The van der Waals surface area contributed by atoms with Gasteiger partial charge in [0, 0.05) is 15.7 Å². The van der Waals surface area contributed by atoms with E-state index in [9.17, 15) is 4.79 Å². The second kappa shape index (κ2) is 6.15. The van der Waals surface area contributed by atoms with Gasteiger partial charge in [-0.1, -0.05) is 29.8 Å². The zero-order chi connectivity index (χ0) is 15.0. The van der Waals surface area contributed by atoms with E-state index >= 15 is 0 Å². The third kappa shape index (κ3) is 3.20. The van der Waals surface area contributed by atoms with Gasteiger partial charge in [-0.3, -0.25) is 4.79 Å². The number of amides is 1. The summed E-state index contributed by atoms with van der Waals surface area (Å²) in [5, 5.41) is 3.34. The lowest BCUT2D eigenvalue weighted by atomic mass is 9.97. The van der Waals surface area contributed by atoms with E-state index in [2.05, 4.69) is 34.0 Å². The number of benzene rings is 2. The van der Waals surface area contributed by atoms with Crippen LogP contribution in [-0.4, -0.2) is 5.91 Å². The fourth-order valence-corrected chi connectivity index (χ4v) is 3.22. The first kappa shape index (κ1) is 15.1. The zero-order valence-electron chi connectivity index (χ0n) is 11.0. The van der Waals surface area contributed by atoms with E-state index in [4.69, 9.17) is 23.2 Å². The van der Waals surface area contributed by atoms with E-state index in [1.165, 1.54) is 0 Å². The Bertz CT molecular complexity index is 717. The highest BCUT2D eigenvalue weighted by molar-refractivity contribution is 14.1. The van der Waals surface area contributed by atoms with Crippen molar-refractivity contribution in [1.29, 1.82) is 0 Å². The van der Waals surface area contributed by atoms with Gasteiger partial charge in [0.25, 0.3) is 0 Å². The van der Waals surface area contributed by atoms with Crippen molar-refractivity contribution in [2.24, 2.45) is 0 Å². The molecule has 1 N–H and O–H groups in total. The Morgan fingerprint density at radius 2 is 1.81 bits per heavy atom. The first-order chi connectivity index (χ1) is 10.0. The lowest BCUT2D eigenvalue weighted by Gasteiger charge is -2.19. The van der Waals surface area contributed by atoms with Gasteiger partial charge in [-0.25, -0.2) is 0 Å². The summed E-state index contributed by atoms with van der Waals surface area (Å²) < 4.78 is 1.01. The molecule has 0 spiro atoms. The summed E-state index contributed by atoms with van der Waals surface area (Å²) >= 11 is 14.9. The monoisotopic (exact) mass is 431 g/mol. The van der Waals surface area contributed by atoms with Crippen molar-refractivity contribution in [3.8, 4) is 0 Å². The highest BCUT2D eigenvalue weighted by Crippen LogP contribution is 2.34. The number of carbonyl (C=O) groups excluding carboxylic acids is 1. The third-order valence-electron chi connectivity index (χ3n) is 3.55. The third-order valence-corrected chi connectivity index (χ3v) is 5.63. The number of hydrogen-bond donors (Lipinski definition) is 1. The summed E-state index contributed by atoms with van der Waals surface area (Å²) in [6, 6.07) is 11.8. The fourth-order valence-electron chi connectivity index (χ4n) is 2.42. The second-order valence-electron chi connectivity index (χ2n) is 5.00. The van der Waals surface area contributed by atoms with E-state index < -0.39 is 0 Å². The van der Waals surface area contributed by atoms with Gasteiger partial charge >= 0.3 is 0 Å². The summed E-state index contributed by atoms with van der Waals surface area (Å²) in [4.78, 5) is 11.4. The molecule has 108 valence electrons. The standard InChI is InChI=1S/C16H12Cl2INO/c17-12-8-11(1-4-13(12)19)16(18)10-2-5-14-9(7-10)3-6-15(21)20-14/h1-2,4-5,7-8,16H,3,6H2,(H,20,21). The van der Waals surface area contributed by atoms with Crippen LogP contribution in [0.5, 0.6) is 0 Å². The fraction of sp³-hybridized carbons (Fsp3) is 0.188. The topological polar surface area (TPSA) is 29.1 Å². The van der Waals surface area contributed by atoms with Crippen LogP contribution in [-0.2, 0) is 11.2 Å². The van der Waals surface area contributed by atoms with E-state index in [1.54, 1.807) is 0 Å². The van der Waals surface area contributed by atoms with E-state index in [-0.39, 0.29) is 11.3 Å². The summed E-state index contributed by atoms with van der Waals surface area (Å²) in [5.74, 6) is 0.0714. The highest BCUT2D eigenvalue weighted by Gasteiger charge is 2.18. The second-order valence-corrected chi connectivity index (χ2v) is 7.01. The van der Waals surface area contributed by atoms with E-state index in [1.807, 2.05) is 30.3 Å². The van der Waals surface area contributed by atoms with Crippen molar-refractivity contribution in [3.05, 3.63) is 61.7 Å². The van der Waals surface area contributed by atoms with E-state index in [0.717, 1.165) is 32.4 Å². The van der Waals surface area contributed by atoms with Crippen LogP contribution in [0.25, 0.3) is 0 Å². The number of aryl methyl sites for hydroxylation is 1. The Labute approximate surface area is 147 Å². The van der Waals surface area contributed by atoms with Crippen LogP contribution in [0, 0.1) is 3.57 Å². The minimum absolute atomic E-state index is 0.0714. The SMILES string of the molecule is O=C1CCc2cc(C(Cl)c3ccc(I)c(Cl)c3)ccc2N1. The summed E-state index contributed by atoms with van der Waals surface area (Å²) in [5.41, 5.74) is 4.01. The molecule has 21 heavy (non-hydrogen) atoms. The van der Waals surface area contributed by atoms with Gasteiger partial charge in [0.05, 0.1) is 10.4 Å². The summed E-state index contributed by atoms with van der Waals surface area (Å²) in [7, 11) is 0. The summed E-state index contributed by atoms with van der Waals surface area (Å²) in [6.45, 7) is 0. The molecule has 0 aromatic heterocycles. The van der Waals surface area contributed by atoms with Crippen molar-refractivity contribution < 1.29 is 4.79 Å². The molecule has 2 aromatic carbocycles. The molecule has 0 bridgehead atoms. The Morgan fingerprint density at radius 1 is 1.10 bits per heavy atom. The first-order valence-corrected chi connectivity index (χ1v) is 8.45. The molecule has 0 radical (unpaired) electrons. The van der Waals surface area contributed by atoms with Gasteiger partial charge in [-0.15, -0.1) is 11.6 Å². The molecular formula is C16H12Cl2INO. The van der Waals surface area contributed by atoms with Gasteiger partial charge < -0.3 is 5.32 Å². The average molecular weight is 432 g/mol. The maximum Gasteiger partial charge on any atom is 0.224 e. The van der Waals surface area contributed by atoms with Crippen molar-refractivity contribution >= 4 is 57.4 Å². The van der Waals surface area contributed by atoms with Crippen LogP contribution in [0.3, 0.4) is 0 Å². The predicted molar refractivity (Wildman–Crippen MR) is 95.3 cm³/mol. The average Bonchev–Trinajstić information content (AvgIpc) is 2.49. The number of halogens is 3. The number of alkyl halides is 1. The lowest BCUT2D eigenvalue weighted by molar-refractivity contribution is -0.116. The molecule has 1 unspecified atom stereocenters. The normalized spacial score (nSPS) is 15.3. The molecule has 5 heteroatoms. The van der Waals surface area contributed by atoms with Crippen LogP contribution in [0.1, 0.15) is 28.5 Å². The van der Waals surface area contributed by atoms with Crippen LogP contribution in [0.4, 0.5) is 5.69 Å². The maximum atomic E-state index is 11.4. The number of carbonyl (C=O) groups is 1.